The third-order valence-electron chi connectivity index (χ3n) is 4.40. The zero-order valence-corrected chi connectivity index (χ0v) is 15.0. The van der Waals surface area contributed by atoms with Crippen LogP contribution in [0.3, 0.4) is 0 Å². The van der Waals surface area contributed by atoms with Crippen LogP contribution in [0.25, 0.3) is 0 Å². The van der Waals surface area contributed by atoms with Gasteiger partial charge in [0.2, 0.25) is 0 Å². The first-order valence-electron chi connectivity index (χ1n) is 8.86. The molecule has 0 bridgehead atoms. The van der Waals surface area contributed by atoms with Crippen LogP contribution in [0.15, 0.2) is 24.3 Å². The van der Waals surface area contributed by atoms with Gasteiger partial charge >= 0.3 is 12.0 Å². The summed E-state index contributed by atoms with van der Waals surface area (Å²) in [5.41, 5.74) is 0. The molecule has 7 nitrogen and oxygen atoms in total. The molecule has 2 amide bonds. The highest BCUT2D eigenvalue weighted by Gasteiger charge is 2.27. The molecule has 2 N–H and O–H groups in total. The second-order valence-electron chi connectivity index (χ2n) is 6.22. The Kier molecular flexibility index (Phi) is 7.65. The highest BCUT2D eigenvalue weighted by atomic mass is 19.1. The van der Waals surface area contributed by atoms with E-state index in [0.717, 1.165) is 12.8 Å². The Morgan fingerprint density at radius 3 is 2.54 bits per heavy atom. The Labute approximate surface area is 152 Å². The van der Waals surface area contributed by atoms with Crippen molar-refractivity contribution in [1.29, 1.82) is 0 Å². The van der Waals surface area contributed by atoms with Gasteiger partial charge in [-0.25, -0.2) is 9.18 Å². The molecule has 0 saturated carbocycles. The number of rotatable bonds is 8. The van der Waals surface area contributed by atoms with Crippen LogP contribution in [0.5, 0.6) is 5.75 Å². The van der Waals surface area contributed by atoms with Crippen molar-refractivity contribution in [3.8, 4) is 5.75 Å². The van der Waals surface area contributed by atoms with Crippen LogP contribution in [0.1, 0.15) is 19.8 Å². The number of likely N-dealkylation sites (tertiary alicyclic amines) is 1. The minimum absolute atomic E-state index is 0.0708. The summed E-state index contributed by atoms with van der Waals surface area (Å²) in [4.78, 5) is 26.7. The van der Waals surface area contributed by atoms with Gasteiger partial charge in [0.1, 0.15) is 18.2 Å². The van der Waals surface area contributed by atoms with Gasteiger partial charge in [0.25, 0.3) is 0 Å². The highest BCUT2D eigenvalue weighted by molar-refractivity contribution is 5.74. The Balaban J connectivity index is 1.84. The monoisotopic (exact) mass is 367 g/mol. The summed E-state index contributed by atoms with van der Waals surface area (Å²) in [5.74, 6) is -0.672. The van der Waals surface area contributed by atoms with Crippen molar-refractivity contribution in [2.75, 3.05) is 39.3 Å². The quantitative estimate of drug-likeness (QED) is 0.732. The molecule has 0 aromatic heterocycles. The maximum atomic E-state index is 12.9. The number of aliphatic carboxylic acids is 1. The molecule has 0 aliphatic carbocycles. The number of hydrogen-bond donors (Lipinski definition) is 2. The van der Waals surface area contributed by atoms with Gasteiger partial charge in [-0.1, -0.05) is 0 Å². The maximum absolute atomic E-state index is 12.9. The zero-order valence-electron chi connectivity index (χ0n) is 15.0. The normalized spacial score (nSPS) is 15.1. The summed E-state index contributed by atoms with van der Waals surface area (Å²) in [7, 11) is 0. The zero-order chi connectivity index (χ0) is 18.9. The molecule has 1 heterocycles. The summed E-state index contributed by atoms with van der Waals surface area (Å²) in [6.45, 7) is 4.37. The molecule has 1 aromatic carbocycles. The molecule has 26 heavy (non-hydrogen) atoms. The Bertz CT molecular complexity index is 589. The van der Waals surface area contributed by atoms with E-state index in [2.05, 4.69) is 5.32 Å². The molecule has 144 valence electrons. The van der Waals surface area contributed by atoms with Gasteiger partial charge in [-0.15, -0.1) is 0 Å². The molecular formula is C18H26FN3O4. The number of carboxylic acid groups (broad SMARTS) is 1. The standard InChI is InChI=1S/C18H26FN3O4/c1-2-20-18(25)21-9-7-15(8-10-21)22(13-17(23)24)11-12-26-16-5-3-14(19)4-6-16/h3-6,15H,2,7-13H2,1H3,(H,20,25)(H,23,24). The van der Waals surface area contributed by atoms with Crippen LogP contribution in [-0.4, -0.2) is 72.3 Å². The maximum Gasteiger partial charge on any atom is 0.317 e. The number of hydrogen-bond acceptors (Lipinski definition) is 4. The van der Waals surface area contributed by atoms with Gasteiger partial charge in [-0.3, -0.25) is 9.69 Å². The number of amides is 2. The van der Waals surface area contributed by atoms with E-state index in [1.165, 1.54) is 12.1 Å². The average Bonchev–Trinajstić information content (AvgIpc) is 2.62. The molecule has 1 aromatic rings. The number of urea groups is 1. The first-order valence-corrected chi connectivity index (χ1v) is 8.86. The number of benzene rings is 1. The van der Waals surface area contributed by atoms with E-state index in [4.69, 9.17) is 4.74 Å². The molecule has 2 rings (SSSR count). The van der Waals surface area contributed by atoms with E-state index >= 15 is 0 Å². The lowest BCUT2D eigenvalue weighted by Crippen LogP contribution is -2.51. The van der Waals surface area contributed by atoms with E-state index < -0.39 is 5.97 Å². The van der Waals surface area contributed by atoms with Gasteiger partial charge < -0.3 is 20.1 Å². The second kappa shape index (κ2) is 9.96. The van der Waals surface area contributed by atoms with Crippen LogP contribution in [0.2, 0.25) is 0 Å². The number of ether oxygens (including phenoxy) is 1. The Morgan fingerprint density at radius 2 is 1.96 bits per heavy atom. The summed E-state index contributed by atoms with van der Waals surface area (Å²) in [6, 6.07) is 5.75. The number of carbonyl (C=O) groups excluding carboxylic acids is 1. The Hall–Kier alpha value is -2.35. The fourth-order valence-corrected chi connectivity index (χ4v) is 3.07. The number of carbonyl (C=O) groups is 2. The second-order valence-corrected chi connectivity index (χ2v) is 6.22. The third-order valence-corrected chi connectivity index (χ3v) is 4.40. The third kappa shape index (κ3) is 6.18. The lowest BCUT2D eigenvalue weighted by Gasteiger charge is -2.37. The number of carboxylic acids is 1. The van der Waals surface area contributed by atoms with Crippen LogP contribution >= 0.6 is 0 Å². The van der Waals surface area contributed by atoms with Gasteiger partial charge in [-0.2, -0.15) is 0 Å². The van der Waals surface area contributed by atoms with Crippen molar-refractivity contribution in [1.82, 2.24) is 15.1 Å². The molecule has 0 unspecified atom stereocenters. The van der Waals surface area contributed by atoms with E-state index in [9.17, 15) is 19.1 Å². The highest BCUT2D eigenvalue weighted by Crippen LogP contribution is 2.17. The van der Waals surface area contributed by atoms with Crippen molar-refractivity contribution in [3.05, 3.63) is 30.1 Å². The molecule has 1 saturated heterocycles. The smallest absolute Gasteiger partial charge is 0.317 e. The average molecular weight is 367 g/mol. The molecule has 1 aliphatic rings. The Morgan fingerprint density at radius 1 is 1.31 bits per heavy atom. The molecule has 1 aliphatic heterocycles. The first-order chi connectivity index (χ1) is 12.5. The van der Waals surface area contributed by atoms with Crippen LogP contribution < -0.4 is 10.1 Å². The topological polar surface area (TPSA) is 82.1 Å². The van der Waals surface area contributed by atoms with E-state index in [1.807, 2.05) is 11.8 Å². The van der Waals surface area contributed by atoms with E-state index in [-0.39, 0.29) is 24.4 Å². The predicted octanol–water partition coefficient (Wildman–Crippen LogP) is 1.78. The minimum atomic E-state index is -0.891. The SMILES string of the molecule is CCNC(=O)N1CCC(N(CCOc2ccc(F)cc2)CC(=O)O)CC1. The van der Waals surface area contributed by atoms with E-state index in [0.29, 0.717) is 38.5 Å². The summed E-state index contributed by atoms with van der Waals surface area (Å²) in [6.07, 6.45) is 1.45. The van der Waals surface area contributed by atoms with Crippen molar-refractivity contribution in [2.45, 2.75) is 25.8 Å². The first kappa shape index (κ1) is 20.0. The summed E-state index contributed by atoms with van der Waals surface area (Å²) in [5, 5.41) is 12.0. The van der Waals surface area contributed by atoms with E-state index in [1.54, 1.807) is 17.0 Å². The van der Waals surface area contributed by atoms with Crippen molar-refractivity contribution in [2.24, 2.45) is 0 Å². The van der Waals surface area contributed by atoms with Gasteiger partial charge in [0, 0.05) is 32.2 Å². The van der Waals surface area contributed by atoms with Gasteiger partial charge in [0.15, 0.2) is 0 Å². The van der Waals surface area contributed by atoms with Crippen molar-refractivity contribution < 1.29 is 23.8 Å². The predicted molar refractivity (Wildman–Crippen MR) is 94.8 cm³/mol. The summed E-state index contributed by atoms with van der Waals surface area (Å²) >= 11 is 0. The van der Waals surface area contributed by atoms with Crippen LogP contribution in [-0.2, 0) is 4.79 Å². The molecule has 0 spiro atoms. The molecular weight excluding hydrogens is 341 g/mol. The van der Waals surface area contributed by atoms with Gasteiger partial charge in [0.05, 0.1) is 6.54 Å². The fourth-order valence-electron chi connectivity index (χ4n) is 3.07. The minimum Gasteiger partial charge on any atom is -0.492 e. The molecule has 8 heteroatoms. The number of halogens is 1. The molecule has 1 fully saturated rings. The summed E-state index contributed by atoms with van der Waals surface area (Å²) < 4.78 is 18.5. The van der Waals surface area contributed by atoms with Gasteiger partial charge in [-0.05, 0) is 44.0 Å². The fraction of sp³-hybridized carbons (Fsp3) is 0.556. The number of nitrogens with one attached hydrogen (secondary N) is 1. The lowest BCUT2D eigenvalue weighted by molar-refractivity contribution is -0.139. The van der Waals surface area contributed by atoms with Crippen LogP contribution in [0.4, 0.5) is 9.18 Å². The lowest BCUT2D eigenvalue weighted by atomic mass is 10.0. The molecule has 0 radical (unpaired) electrons. The number of piperidine rings is 1. The largest absolute Gasteiger partial charge is 0.492 e. The molecule has 0 atom stereocenters. The van der Waals surface area contributed by atoms with Crippen molar-refractivity contribution >= 4 is 12.0 Å². The van der Waals surface area contributed by atoms with Crippen LogP contribution in [0, 0.1) is 5.82 Å². The van der Waals surface area contributed by atoms with Crippen molar-refractivity contribution in [3.63, 3.8) is 0 Å². The number of nitrogens with zero attached hydrogens (tertiary/aromatic N) is 2.